The number of carbonyl (C=O) groups is 1. The Hall–Kier alpha value is -2.36. The number of aromatic nitrogens is 1. The highest BCUT2D eigenvalue weighted by Gasteiger charge is 2.04. The van der Waals surface area contributed by atoms with Gasteiger partial charge in [-0.1, -0.05) is 24.3 Å². The lowest BCUT2D eigenvalue weighted by molar-refractivity contribution is 0.0690. The van der Waals surface area contributed by atoms with Crippen LogP contribution in [0.2, 0.25) is 0 Å². The normalized spacial score (nSPS) is 9.75. The first-order valence-electron chi connectivity index (χ1n) is 4.78. The second kappa shape index (κ2) is 4.44. The van der Waals surface area contributed by atoms with Gasteiger partial charge in [0.15, 0.2) is 5.69 Å². The zero-order valence-electron chi connectivity index (χ0n) is 8.42. The van der Waals surface area contributed by atoms with Crippen LogP contribution in [0.5, 0.6) is 0 Å². The van der Waals surface area contributed by atoms with Gasteiger partial charge in [0.2, 0.25) is 0 Å². The zero-order valence-corrected chi connectivity index (χ0v) is 8.42. The van der Waals surface area contributed by atoms with Gasteiger partial charge in [0, 0.05) is 5.69 Å². The number of rotatable bonds is 3. The molecule has 0 atom stereocenters. The Morgan fingerprint density at radius 2 is 1.81 bits per heavy atom. The van der Waals surface area contributed by atoms with Crippen LogP contribution >= 0.6 is 0 Å². The predicted molar refractivity (Wildman–Crippen MR) is 60.9 cm³/mol. The summed E-state index contributed by atoms with van der Waals surface area (Å²) >= 11 is 0. The summed E-state index contributed by atoms with van der Waals surface area (Å²) in [5, 5.41) is 11.8. The minimum atomic E-state index is -1.03. The molecule has 0 radical (unpaired) electrons. The van der Waals surface area contributed by atoms with Gasteiger partial charge in [0.25, 0.3) is 0 Å². The number of carboxylic acids is 1. The molecule has 1 aromatic carbocycles. The zero-order chi connectivity index (χ0) is 11.4. The Labute approximate surface area is 92.6 Å². The van der Waals surface area contributed by atoms with Crippen LogP contribution in [0.15, 0.2) is 48.5 Å². The fourth-order valence-electron chi connectivity index (χ4n) is 1.29. The van der Waals surface area contributed by atoms with E-state index in [1.54, 1.807) is 12.1 Å². The van der Waals surface area contributed by atoms with Crippen molar-refractivity contribution in [1.29, 1.82) is 0 Å². The highest BCUT2D eigenvalue weighted by atomic mass is 16.4. The second-order valence-electron chi connectivity index (χ2n) is 3.20. The molecule has 1 heterocycles. The molecule has 80 valence electrons. The molecule has 0 bridgehead atoms. The Kier molecular flexibility index (Phi) is 2.82. The van der Waals surface area contributed by atoms with Crippen molar-refractivity contribution in [3.63, 3.8) is 0 Å². The summed E-state index contributed by atoms with van der Waals surface area (Å²) in [4.78, 5) is 14.7. The minimum absolute atomic E-state index is 0.0286. The summed E-state index contributed by atoms with van der Waals surface area (Å²) in [7, 11) is 0. The van der Waals surface area contributed by atoms with E-state index in [-0.39, 0.29) is 5.69 Å². The molecule has 0 saturated carbocycles. The van der Waals surface area contributed by atoms with E-state index in [0.29, 0.717) is 5.82 Å². The molecule has 0 spiro atoms. The molecule has 0 aliphatic carbocycles. The lowest BCUT2D eigenvalue weighted by Gasteiger charge is -2.05. The largest absolute Gasteiger partial charge is 0.477 e. The molecule has 1 aromatic heterocycles. The van der Waals surface area contributed by atoms with Gasteiger partial charge in [0.1, 0.15) is 5.82 Å². The maximum Gasteiger partial charge on any atom is 0.354 e. The maximum atomic E-state index is 10.7. The molecule has 2 aromatic rings. The van der Waals surface area contributed by atoms with Gasteiger partial charge >= 0.3 is 5.97 Å². The van der Waals surface area contributed by atoms with Crippen LogP contribution in [0, 0.1) is 0 Å². The Balaban J connectivity index is 2.22. The van der Waals surface area contributed by atoms with Gasteiger partial charge in [-0.05, 0) is 24.3 Å². The first kappa shape index (κ1) is 10.2. The van der Waals surface area contributed by atoms with Gasteiger partial charge in [-0.15, -0.1) is 0 Å². The van der Waals surface area contributed by atoms with Crippen molar-refractivity contribution < 1.29 is 9.90 Å². The molecule has 0 saturated heterocycles. The van der Waals surface area contributed by atoms with E-state index >= 15 is 0 Å². The van der Waals surface area contributed by atoms with Gasteiger partial charge < -0.3 is 10.4 Å². The smallest absolute Gasteiger partial charge is 0.354 e. The molecule has 4 heteroatoms. The number of aromatic carboxylic acids is 1. The predicted octanol–water partition coefficient (Wildman–Crippen LogP) is 2.52. The fraction of sp³-hybridized carbons (Fsp3) is 0. The molecule has 0 amide bonds. The summed E-state index contributed by atoms with van der Waals surface area (Å²) in [5.41, 5.74) is 0.901. The monoisotopic (exact) mass is 214 g/mol. The number of benzene rings is 1. The summed E-state index contributed by atoms with van der Waals surface area (Å²) in [6.45, 7) is 0. The van der Waals surface area contributed by atoms with Crippen LogP contribution in [0.1, 0.15) is 10.5 Å². The fourth-order valence-corrected chi connectivity index (χ4v) is 1.29. The number of pyridine rings is 1. The highest BCUT2D eigenvalue weighted by molar-refractivity contribution is 5.85. The van der Waals surface area contributed by atoms with Gasteiger partial charge in [-0.2, -0.15) is 0 Å². The number of hydrogen-bond acceptors (Lipinski definition) is 3. The summed E-state index contributed by atoms with van der Waals surface area (Å²) in [6, 6.07) is 14.3. The lowest BCUT2D eigenvalue weighted by atomic mass is 10.3. The third-order valence-electron chi connectivity index (χ3n) is 2.01. The number of nitrogens with zero attached hydrogens (tertiary/aromatic N) is 1. The van der Waals surface area contributed by atoms with E-state index in [2.05, 4.69) is 10.3 Å². The molecule has 2 N–H and O–H groups in total. The average molecular weight is 214 g/mol. The molecule has 0 aliphatic rings. The molecule has 0 unspecified atom stereocenters. The lowest BCUT2D eigenvalue weighted by Crippen LogP contribution is -2.02. The highest BCUT2D eigenvalue weighted by Crippen LogP contribution is 2.13. The van der Waals surface area contributed by atoms with Crippen LogP contribution in [-0.2, 0) is 0 Å². The van der Waals surface area contributed by atoms with E-state index in [1.807, 2.05) is 30.3 Å². The van der Waals surface area contributed by atoms with Crippen LogP contribution in [0.3, 0.4) is 0 Å². The van der Waals surface area contributed by atoms with Gasteiger partial charge in [-0.25, -0.2) is 9.78 Å². The topological polar surface area (TPSA) is 62.2 Å². The van der Waals surface area contributed by atoms with Crippen molar-refractivity contribution in [3.8, 4) is 0 Å². The van der Waals surface area contributed by atoms with Crippen molar-refractivity contribution in [3.05, 3.63) is 54.2 Å². The first-order chi connectivity index (χ1) is 7.75. The number of hydrogen-bond donors (Lipinski definition) is 2. The van der Waals surface area contributed by atoms with E-state index < -0.39 is 5.97 Å². The van der Waals surface area contributed by atoms with Crippen LogP contribution < -0.4 is 5.32 Å². The van der Waals surface area contributed by atoms with Gasteiger partial charge in [0.05, 0.1) is 0 Å². The van der Waals surface area contributed by atoms with E-state index in [1.165, 1.54) is 6.07 Å². The summed E-state index contributed by atoms with van der Waals surface area (Å²) in [5.74, 6) is -0.511. The number of anilines is 2. The minimum Gasteiger partial charge on any atom is -0.477 e. The molecule has 4 nitrogen and oxygen atoms in total. The number of nitrogens with one attached hydrogen (secondary N) is 1. The third-order valence-corrected chi connectivity index (χ3v) is 2.01. The van der Waals surface area contributed by atoms with Crippen molar-refractivity contribution in [2.24, 2.45) is 0 Å². The summed E-state index contributed by atoms with van der Waals surface area (Å²) < 4.78 is 0. The van der Waals surface area contributed by atoms with E-state index in [4.69, 9.17) is 5.11 Å². The van der Waals surface area contributed by atoms with E-state index in [9.17, 15) is 4.79 Å². The first-order valence-corrected chi connectivity index (χ1v) is 4.78. The molecule has 2 rings (SSSR count). The SMILES string of the molecule is O=C(O)c1cccc(Nc2ccccc2)n1. The summed E-state index contributed by atoms with van der Waals surface area (Å²) in [6.07, 6.45) is 0. The maximum absolute atomic E-state index is 10.7. The standard InChI is InChI=1S/C12H10N2O2/c15-12(16)10-7-4-8-11(14-10)13-9-5-2-1-3-6-9/h1-8H,(H,13,14)(H,15,16). The number of para-hydroxylation sites is 1. The van der Waals surface area contributed by atoms with Crippen molar-refractivity contribution in [2.75, 3.05) is 5.32 Å². The Morgan fingerprint density at radius 3 is 2.50 bits per heavy atom. The van der Waals surface area contributed by atoms with Gasteiger partial charge in [-0.3, -0.25) is 0 Å². The van der Waals surface area contributed by atoms with Crippen molar-refractivity contribution in [1.82, 2.24) is 4.98 Å². The molecule has 0 fully saturated rings. The average Bonchev–Trinajstić information content (AvgIpc) is 2.30. The third kappa shape index (κ3) is 2.36. The van der Waals surface area contributed by atoms with Crippen molar-refractivity contribution in [2.45, 2.75) is 0 Å². The van der Waals surface area contributed by atoms with Crippen LogP contribution in [0.4, 0.5) is 11.5 Å². The molecule has 0 aliphatic heterocycles. The quantitative estimate of drug-likeness (QED) is 0.824. The molecular weight excluding hydrogens is 204 g/mol. The molecular formula is C12H10N2O2. The Morgan fingerprint density at radius 1 is 1.06 bits per heavy atom. The van der Waals surface area contributed by atoms with Crippen LogP contribution in [-0.4, -0.2) is 16.1 Å². The Bertz CT molecular complexity index is 497. The molecule has 16 heavy (non-hydrogen) atoms. The number of carboxylic acid groups (broad SMARTS) is 1. The van der Waals surface area contributed by atoms with E-state index in [0.717, 1.165) is 5.69 Å². The second-order valence-corrected chi connectivity index (χ2v) is 3.20. The van der Waals surface area contributed by atoms with Crippen molar-refractivity contribution >= 4 is 17.5 Å². The van der Waals surface area contributed by atoms with Crippen LogP contribution in [0.25, 0.3) is 0 Å².